The summed E-state index contributed by atoms with van der Waals surface area (Å²) in [4.78, 5) is 12.6. The first-order valence-corrected chi connectivity index (χ1v) is 13.5. The molecule has 1 rings (SSSR count). The summed E-state index contributed by atoms with van der Waals surface area (Å²) in [5, 5.41) is 0. The molecule has 1 fully saturated rings. The van der Waals surface area contributed by atoms with E-state index in [2.05, 4.69) is 6.92 Å². The highest BCUT2D eigenvalue weighted by Crippen LogP contribution is 2.22. The van der Waals surface area contributed by atoms with Crippen molar-refractivity contribution in [3.05, 3.63) is 0 Å². The Kier molecular flexibility index (Phi) is 18.9. The van der Waals surface area contributed by atoms with E-state index in [1.54, 1.807) is 0 Å². The third-order valence-electron chi connectivity index (χ3n) is 6.68. The molecule has 0 aromatic heterocycles. The molecule has 0 amide bonds. The quantitative estimate of drug-likeness (QED) is 0.251. The van der Waals surface area contributed by atoms with Crippen LogP contribution >= 0.6 is 0 Å². The third-order valence-corrected chi connectivity index (χ3v) is 6.68. The standard InChI is InChI=1S/C27H52O2/c1-2-3-4-5-6-13-16-19-22-25-29-27(28)26-23-20-17-14-11-9-7-8-10-12-15-18-21-24-26/h26H,2-25H2,1H3. The molecule has 2 nitrogen and oxygen atoms in total. The number of ether oxygens (including phenoxy) is 1. The molecule has 2 heteroatoms. The van der Waals surface area contributed by atoms with Gasteiger partial charge in [0.25, 0.3) is 0 Å². The van der Waals surface area contributed by atoms with Crippen LogP contribution in [0.15, 0.2) is 0 Å². The Hall–Kier alpha value is -0.530. The van der Waals surface area contributed by atoms with Gasteiger partial charge in [0.2, 0.25) is 0 Å². The van der Waals surface area contributed by atoms with Crippen LogP contribution in [0.5, 0.6) is 0 Å². The first-order valence-electron chi connectivity index (χ1n) is 13.5. The number of unbranched alkanes of at least 4 members (excludes halogenated alkanes) is 8. The minimum Gasteiger partial charge on any atom is -0.465 e. The lowest BCUT2D eigenvalue weighted by Gasteiger charge is -2.16. The van der Waals surface area contributed by atoms with Crippen molar-refractivity contribution in [2.45, 2.75) is 155 Å². The number of carbonyl (C=O) groups excluding carboxylic acids is 1. The van der Waals surface area contributed by atoms with Crippen LogP contribution in [0, 0.1) is 5.92 Å². The molecule has 0 atom stereocenters. The van der Waals surface area contributed by atoms with Gasteiger partial charge in [0.15, 0.2) is 0 Å². The summed E-state index contributed by atoms with van der Waals surface area (Å²) >= 11 is 0. The highest BCUT2D eigenvalue weighted by atomic mass is 16.5. The van der Waals surface area contributed by atoms with Gasteiger partial charge in [-0.15, -0.1) is 0 Å². The first kappa shape index (κ1) is 26.5. The summed E-state index contributed by atoms with van der Waals surface area (Å²) in [6, 6.07) is 0. The van der Waals surface area contributed by atoms with E-state index in [1.165, 1.54) is 128 Å². The molecular weight excluding hydrogens is 356 g/mol. The van der Waals surface area contributed by atoms with E-state index in [0.717, 1.165) is 19.3 Å². The molecular formula is C27H52O2. The topological polar surface area (TPSA) is 26.3 Å². The van der Waals surface area contributed by atoms with Crippen molar-refractivity contribution in [2.75, 3.05) is 6.61 Å². The number of hydrogen-bond donors (Lipinski definition) is 0. The number of hydrogen-bond acceptors (Lipinski definition) is 2. The second-order valence-corrected chi connectivity index (χ2v) is 9.51. The lowest BCUT2D eigenvalue weighted by molar-refractivity contribution is -0.149. The molecule has 1 saturated carbocycles. The van der Waals surface area contributed by atoms with Crippen molar-refractivity contribution >= 4 is 5.97 Å². The van der Waals surface area contributed by atoms with Crippen LogP contribution in [-0.4, -0.2) is 12.6 Å². The highest BCUT2D eigenvalue weighted by Gasteiger charge is 2.19. The zero-order valence-electron chi connectivity index (χ0n) is 19.9. The van der Waals surface area contributed by atoms with E-state index in [9.17, 15) is 4.79 Å². The van der Waals surface area contributed by atoms with Gasteiger partial charge in [-0.2, -0.15) is 0 Å². The monoisotopic (exact) mass is 408 g/mol. The van der Waals surface area contributed by atoms with Crippen LogP contribution in [-0.2, 0) is 9.53 Å². The zero-order valence-corrected chi connectivity index (χ0v) is 19.9. The van der Waals surface area contributed by atoms with E-state index in [1.807, 2.05) is 0 Å². The maximum absolute atomic E-state index is 12.6. The largest absolute Gasteiger partial charge is 0.465 e. The van der Waals surface area contributed by atoms with Gasteiger partial charge in [-0.3, -0.25) is 4.79 Å². The molecule has 29 heavy (non-hydrogen) atoms. The van der Waals surface area contributed by atoms with Crippen LogP contribution in [0.3, 0.4) is 0 Å². The van der Waals surface area contributed by atoms with Gasteiger partial charge in [-0.05, 0) is 19.3 Å². The average molecular weight is 409 g/mol. The van der Waals surface area contributed by atoms with Gasteiger partial charge in [-0.25, -0.2) is 0 Å². The Labute approximate surface area is 182 Å². The number of esters is 1. The predicted octanol–water partition coefficient (Wildman–Crippen LogP) is 9.15. The highest BCUT2D eigenvalue weighted by molar-refractivity contribution is 5.72. The van der Waals surface area contributed by atoms with E-state index < -0.39 is 0 Å². The van der Waals surface area contributed by atoms with Crippen molar-refractivity contribution in [1.82, 2.24) is 0 Å². The zero-order chi connectivity index (χ0) is 20.8. The number of rotatable bonds is 11. The SMILES string of the molecule is CCCCCCCCCCCOC(=O)C1CCCCCCCCCCCCCC1. The molecule has 1 aliphatic carbocycles. The Balaban J connectivity index is 2.13. The van der Waals surface area contributed by atoms with E-state index in [0.29, 0.717) is 6.61 Å². The summed E-state index contributed by atoms with van der Waals surface area (Å²) in [7, 11) is 0. The Bertz CT molecular complexity index is 336. The molecule has 172 valence electrons. The van der Waals surface area contributed by atoms with Gasteiger partial charge < -0.3 is 4.74 Å². The molecule has 0 bridgehead atoms. The second-order valence-electron chi connectivity index (χ2n) is 9.51. The molecule has 0 N–H and O–H groups in total. The average Bonchev–Trinajstić information content (AvgIpc) is 2.74. The molecule has 0 aromatic rings. The lowest BCUT2D eigenvalue weighted by atomic mass is 9.94. The fraction of sp³-hybridized carbons (Fsp3) is 0.963. The van der Waals surface area contributed by atoms with Gasteiger partial charge in [0.1, 0.15) is 0 Å². The van der Waals surface area contributed by atoms with E-state index in [-0.39, 0.29) is 11.9 Å². The molecule has 0 aromatic carbocycles. The van der Waals surface area contributed by atoms with Crippen molar-refractivity contribution < 1.29 is 9.53 Å². The van der Waals surface area contributed by atoms with Crippen molar-refractivity contribution in [3.63, 3.8) is 0 Å². The normalized spacial score (nSPS) is 18.7. The van der Waals surface area contributed by atoms with Crippen LogP contribution in [0.1, 0.15) is 155 Å². The molecule has 1 aliphatic rings. The third kappa shape index (κ3) is 16.9. The predicted molar refractivity (Wildman–Crippen MR) is 126 cm³/mol. The van der Waals surface area contributed by atoms with Gasteiger partial charge in [0, 0.05) is 0 Å². The van der Waals surface area contributed by atoms with Gasteiger partial charge in [-0.1, -0.05) is 135 Å². The summed E-state index contributed by atoms with van der Waals surface area (Å²) in [5.41, 5.74) is 0. The Morgan fingerprint density at radius 3 is 1.41 bits per heavy atom. The van der Waals surface area contributed by atoms with E-state index in [4.69, 9.17) is 4.74 Å². The minimum atomic E-state index is 0.105. The molecule has 0 saturated heterocycles. The molecule has 0 radical (unpaired) electrons. The number of carbonyl (C=O) groups is 1. The summed E-state index contributed by atoms with van der Waals surface area (Å²) in [6.07, 6.45) is 30.0. The molecule has 0 aliphatic heterocycles. The van der Waals surface area contributed by atoms with Gasteiger partial charge in [0.05, 0.1) is 12.5 Å². The molecule has 0 unspecified atom stereocenters. The fourth-order valence-corrected chi connectivity index (χ4v) is 4.63. The second kappa shape index (κ2) is 20.7. The van der Waals surface area contributed by atoms with Crippen LogP contribution in [0.4, 0.5) is 0 Å². The van der Waals surface area contributed by atoms with Crippen LogP contribution in [0.25, 0.3) is 0 Å². The maximum atomic E-state index is 12.6. The van der Waals surface area contributed by atoms with Crippen molar-refractivity contribution in [3.8, 4) is 0 Å². The smallest absolute Gasteiger partial charge is 0.308 e. The summed E-state index contributed by atoms with van der Waals surface area (Å²) in [5.74, 6) is 0.271. The van der Waals surface area contributed by atoms with Crippen molar-refractivity contribution in [2.24, 2.45) is 5.92 Å². The Morgan fingerprint density at radius 1 is 0.586 bits per heavy atom. The molecule has 0 heterocycles. The minimum absolute atomic E-state index is 0.105. The van der Waals surface area contributed by atoms with E-state index >= 15 is 0 Å². The summed E-state index contributed by atoms with van der Waals surface area (Å²) < 4.78 is 5.69. The van der Waals surface area contributed by atoms with Crippen LogP contribution in [0.2, 0.25) is 0 Å². The maximum Gasteiger partial charge on any atom is 0.308 e. The van der Waals surface area contributed by atoms with Crippen molar-refractivity contribution in [1.29, 1.82) is 0 Å². The summed E-state index contributed by atoms with van der Waals surface area (Å²) in [6.45, 7) is 2.91. The first-order chi connectivity index (χ1) is 14.3. The Morgan fingerprint density at radius 2 is 0.966 bits per heavy atom. The fourth-order valence-electron chi connectivity index (χ4n) is 4.63. The van der Waals surface area contributed by atoms with Crippen LogP contribution < -0.4 is 0 Å². The lowest BCUT2D eigenvalue weighted by Crippen LogP contribution is -2.18. The van der Waals surface area contributed by atoms with Gasteiger partial charge >= 0.3 is 5.97 Å². The molecule has 0 spiro atoms.